The van der Waals surface area contributed by atoms with Gasteiger partial charge in [-0.15, -0.1) is 0 Å². The lowest BCUT2D eigenvalue weighted by atomic mass is 10.0. The maximum atomic E-state index is 5.45. The van der Waals surface area contributed by atoms with Crippen molar-refractivity contribution in [3.63, 3.8) is 0 Å². The fourth-order valence-corrected chi connectivity index (χ4v) is 2.40. The molecule has 0 atom stereocenters. The van der Waals surface area contributed by atoms with E-state index in [4.69, 9.17) is 9.15 Å². The molecule has 16 heavy (non-hydrogen) atoms. The molecular formula is C14H10O2. The third-order valence-corrected chi connectivity index (χ3v) is 3.27. The Labute approximate surface area is 92.4 Å². The van der Waals surface area contributed by atoms with E-state index >= 15 is 0 Å². The van der Waals surface area contributed by atoms with Crippen LogP contribution in [0.15, 0.2) is 41.2 Å². The van der Waals surface area contributed by atoms with Crippen LogP contribution in [0.25, 0.3) is 21.5 Å². The zero-order valence-corrected chi connectivity index (χ0v) is 8.69. The normalized spacial score (nSPS) is 14.8. The summed E-state index contributed by atoms with van der Waals surface area (Å²) < 4.78 is 10.7. The maximum Gasteiger partial charge on any atom is 0.0981 e. The third-order valence-electron chi connectivity index (χ3n) is 3.27. The van der Waals surface area contributed by atoms with Crippen molar-refractivity contribution >= 4 is 21.5 Å². The van der Waals surface area contributed by atoms with Crippen molar-refractivity contribution in [1.82, 2.24) is 0 Å². The molecule has 2 nitrogen and oxygen atoms in total. The summed E-state index contributed by atoms with van der Waals surface area (Å²) >= 11 is 0. The van der Waals surface area contributed by atoms with E-state index in [0.29, 0.717) is 0 Å². The third kappa shape index (κ3) is 1.05. The van der Waals surface area contributed by atoms with Crippen LogP contribution in [0.3, 0.4) is 0 Å². The highest BCUT2D eigenvalue weighted by Gasteiger charge is 2.12. The highest BCUT2D eigenvalue weighted by atomic mass is 16.5. The van der Waals surface area contributed by atoms with Crippen LogP contribution in [0.1, 0.15) is 11.1 Å². The first-order valence-corrected chi connectivity index (χ1v) is 5.39. The minimum Gasteiger partial charge on any atom is -0.471 e. The van der Waals surface area contributed by atoms with Gasteiger partial charge in [-0.05, 0) is 46.2 Å². The monoisotopic (exact) mass is 210 g/mol. The Morgan fingerprint density at radius 3 is 1.81 bits per heavy atom. The van der Waals surface area contributed by atoms with E-state index in [0.717, 1.165) is 24.0 Å². The summed E-state index contributed by atoms with van der Waals surface area (Å²) in [7, 11) is 0. The van der Waals surface area contributed by atoms with Crippen LogP contribution >= 0.6 is 0 Å². The average Bonchev–Trinajstić information content (AvgIpc) is 2.89. The Bertz CT molecular complexity index is 637. The number of fused-ring (bicyclic) bond motifs is 3. The minimum atomic E-state index is 0.745. The van der Waals surface area contributed by atoms with E-state index in [2.05, 4.69) is 24.3 Å². The molecule has 0 bridgehead atoms. The molecule has 1 aliphatic heterocycles. The van der Waals surface area contributed by atoms with Gasteiger partial charge < -0.3 is 9.15 Å². The van der Waals surface area contributed by atoms with Crippen LogP contribution in [-0.2, 0) is 18.0 Å². The van der Waals surface area contributed by atoms with Gasteiger partial charge in [-0.25, -0.2) is 0 Å². The topological polar surface area (TPSA) is 22.4 Å². The van der Waals surface area contributed by atoms with E-state index in [9.17, 15) is 0 Å². The fraction of sp³-hybridized carbons (Fsp3) is 0.143. The molecule has 4 rings (SSSR count). The lowest BCUT2D eigenvalue weighted by molar-refractivity contribution is 0.134. The standard InChI is InChI=1S/C14H10O2/c1-9-2-13-7-16-8-14(13)4-10(9)3-12-6-15-5-11(1)12/h1-6H,7-8H2. The number of ether oxygens (including phenoxy) is 1. The van der Waals surface area contributed by atoms with Crippen molar-refractivity contribution in [1.29, 1.82) is 0 Å². The van der Waals surface area contributed by atoms with Crippen molar-refractivity contribution in [2.75, 3.05) is 0 Å². The van der Waals surface area contributed by atoms with Crippen molar-refractivity contribution in [3.8, 4) is 0 Å². The van der Waals surface area contributed by atoms with E-state index in [-0.39, 0.29) is 0 Å². The zero-order valence-electron chi connectivity index (χ0n) is 8.69. The first-order valence-electron chi connectivity index (χ1n) is 5.39. The minimum absolute atomic E-state index is 0.745. The van der Waals surface area contributed by atoms with Gasteiger partial charge in [-0.2, -0.15) is 0 Å². The summed E-state index contributed by atoms with van der Waals surface area (Å²) in [6.07, 6.45) is 3.58. The molecule has 2 heteroatoms. The average molecular weight is 210 g/mol. The van der Waals surface area contributed by atoms with E-state index < -0.39 is 0 Å². The first-order chi connectivity index (χ1) is 7.90. The SMILES string of the molecule is c1occ2cc3cc4c(cc3cc12)COC4. The van der Waals surface area contributed by atoms with Gasteiger partial charge in [0.15, 0.2) is 0 Å². The fourth-order valence-electron chi connectivity index (χ4n) is 2.40. The van der Waals surface area contributed by atoms with E-state index in [1.165, 1.54) is 21.9 Å². The lowest BCUT2D eigenvalue weighted by Gasteiger charge is -2.02. The number of benzene rings is 2. The Morgan fingerprint density at radius 1 is 0.688 bits per heavy atom. The van der Waals surface area contributed by atoms with Gasteiger partial charge in [-0.1, -0.05) is 0 Å². The highest BCUT2D eigenvalue weighted by molar-refractivity contribution is 5.98. The summed E-state index contributed by atoms with van der Waals surface area (Å²) in [4.78, 5) is 0. The first kappa shape index (κ1) is 8.36. The number of furan rings is 1. The summed E-state index contributed by atoms with van der Waals surface area (Å²) in [5.74, 6) is 0. The molecule has 0 amide bonds. The Balaban J connectivity index is 2.14. The molecule has 2 heterocycles. The highest BCUT2D eigenvalue weighted by Crippen LogP contribution is 2.29. The zero-order chi connectivity index (χ0) is 10.5. The molecule has 78 valence electrons. The van der Waals surface area contributed by atoms with Crippen molar-refractivity contribution < 1.29 is 9.15 Å². The molecule has 2 aromatic carbocycles. The van der Waals surface area contributed by atoms with Crippen LogP contribution in [-0.4, -0.2) is 0 Å². The van der Waals surface area contributed by atoms with Gasteiger partial charge in [0.2, 0.25) is 0 Å². The van der Waals surface area contributed by atoms with E-state index in [1.807, 2.05) is 0 Å². The van der Waals surface area contributed by atoms with Crippen molar-refractivity contribution in [2.45, 2.75) is 13.2 Å². The molecule has 0 saturated heterocycles. The molecule has 1 aromatic heterocycles. The Morgan fingerprint density at radius 2 is 1.25 bits per heavy atom. The summed E-state index contributed by atoms with van der Waals surface area (Å²) in [5, 5.41) is 4.84. The number of rotatable bonds is 0. The second-order valence-electron chi connectivity index (χ2n) is 4.31. The van der Waals surface area contributed by atoms with Crippen LogP contribution < -0.4 is 0 Å². The van der Waals surface area contributed by atoms with Gasteiger partial charge >= 0.3 is 0 Å². The van der Waals surface area contributed by atoms with Crippen LogP contribution in [0.5, 0.6) is 0 Å². The van der Waals surface area contributed by atoms with Gasteiger partial charge in [-0.3, -0.25) is 0 Å². The predicted octanol–water partition coefficient (Wildman–Crippen LogP) is 3.62. The Hall–Kier alpha value is -1.80. The second kappa shape index (κ2) is 2.86. The molecule has 0 aliphatic carbocycles. The van der Waals surface area contributed by atoms with Crippen LogP contribution in [0.2, 0.25) is 0 Å². The van der Waals surface area contributed by atoms with Crippen molar-refractivity contribution in [2.24, 2.45) is 0 Å². The quantitative estimate of drug-likeness (QED) is 0.565. The van der Waals surface area contributed by atoms with Gasteiger partial charge in [0.1, 0.15) is 0 Å². The molecule has 0 fully saturated rings. The van der Waals surface area contributed by atoms with Gasteiger partial charge in [0, 0.05) is 10.8 Å². The second-order valence-corrected chi connectivity index (χ2v) is 4.31. The van der Waals surface area contributed by atoms with E-state index in [1.54, 1.807) is 12.5 Å². The lowest BCUT2D eigenvalue weighted by Crippen LogP contribution is -1.83. The van der Waals surface area contributed by atoms with Crippen LogP contribution in [0.4, 0.5) is 0 Å². The Kier molecular flexibility index (Phi) is 1.50. The number of hydrogen-bond donors (Lipinski definition) is 0. The summed E-state index contributed by atoms with van der Waals surface area (Å²) in [5.41, 5.74) is 2.63. The van der Waals surface area contributed by atoms with Crippen molar-refractivity contribution in [3.05, 3.63) is 47.9 Å². The van der Waals surface area contributed by atoms with Gasteiger partial charge in [0.25, 0.3) is 0 Å². The maximum absolute atomic E-state index is 5.45. The number of hydrogen-bond acceptors (Lipinski definition) is 2. The molecule has 0 unspecified atom stereocenters. The summed E-state index contributed by atoms with van der Waals surface area (Å²) in [6.45, 7) is 1.49. The molecular weight excluding hydrogens is 200 g/mol. The van der Waals surface area contributed by atoms with Crippen LogP contribution in [0, 0.1) is 0 Å². The molecule has 3 aromatic rings. The summed E-state index contributed by atoms with van der Waals surface area (Å²) in [6, 6.07) is 8.80. The predicted molar refractivity (Wildman–Crippen MR) is 62.2 cm³/mol. The molecule has 0 N–H and O–H groups in total. The molecule has 1 aliphatic rings. The smallest absolute Gasteiger partial charge is 0.0981 e. The molecule has 0 spiro atoms. The van der Waals surface area contributed by atoms with Gasteiger partial charge in [0.05, 0.1) is 25.7 Å². The largest absolute Gasteiger partial charge is 0.471 e. The molecule has 0 saturated carbocycles. The molecule has 0 radical (unpaired) electrons.